The SMILES string of the molecule is CCOC(=O)CC1C(O)CC(C)C1(C)C. The summed E-state index contributed by atoms with van der Waals surface area (Å²) in [6.45, 7) is 8.60. The number of aliphatic hydroxyl groups is 1. The molecule has 0 radical (unpaired) electrons. The highest BCUT2D eigenvalue weighted by atomic mass is 16.5. The fourth-order valence-electron chi connectivity index (χ4n) is 2.49. The lowest BCUT2D eigenvalue weighted by molar-refractivity contribution is -0.146. The number of aliphatic hydroxyl groups excluding tert-OH is 1. The van der Waals surface area contributed by atoms with Gasteiger partial charge in [-0.2, -0.15) is 0 Å². The van der Waals surface area contributed by atoms with Gasteiger partial charge in [-0.15, -0.1) is 0 Å². The fourth-order valence-corrected chi connectivity index (χ4v) is 2.49. The summed E-state index contributed by atoms with van der Waals surface area (Å²) in [5, 5.41) is 9.90. The van der Waals surface area contributed by atoms with Crippen molar-refractivity contribution < 1.29 is 14.6 Å². The molecule has 0 aliphatic heterocycles. The Hall–Kier alpha value is -0.570. The van der Waals surface area contributed by atoms with Crippen LogP contribution < -0.4 is 0 Å². The van der Waals surface area contributed by atoms with E-state index >= 15 is 0 Å². The molecule has 0 amide bonds. The summed E-state index contributed by atoms with van der Waals surface area (Å²) in [4.78, 5) is 11.4. The molecule has 0 aromatic heterocycles. The van der Waals surface area contributed by atoms with Crippen LogP contribution in [0, 0.1) is 17.3 Å². The van der Waals surface area contributed by atoms with Crippen LogP contribution in [0.3, 0.4) is 0 Å². The highest BCUT2D eigenvalue weighted by molar-refractivity contribution is 5.69. The molecule has 15 heavy (non-hydrogen) atoms. The predicted molar refractivity (Wildman–Crippen MR) is 58.3 cm³/mol. The van der Waals surface area contributed by atoms with Gasteiger partial charge >= 0.3 is 5.97 Å². The Kier molecular flexibility index (Phi) is 3.77. The first-order chi connectivity index (χ1) is 6.89. The second-order valence-corrected chi connectivity index (χ2v) is 5.14. The van der Waals surface area contributed by atoms with E-state index in [2.05, 4.69) is 20.8 Å². The van der Waals surface area contributed by atoms with E-state index in [1.807, 2.05) is 0 Å². The monoisotopic (exact) mass is 214 g/mol. The van der Waals surface area contributed by atoms with Crippen molar-refractivity contribution in [1.29, 1.82) is 0 Å². The van der Waals surface area contributed by atoms with Gasteiger partial charge in [-0.3, -0.25) is 4.79 Å². The average molecular weight is 214 g/mol. The second-order valence-electron chi connectivity index (χ2n) is 5.14. The van der Waals surface area contributed by atoms with Gasteiger partial charge in [0, 0.05) is 5.92 Å². The van der Waals surface area contributed by atoms with E-state index < -0.39 is 0 Å². The molecule has 1 fully saturated rings. The van der Waals surface area contributed by atoms with Gasteiger partial charge in [0.25, 0.3) is 0 Å². The van der Waals surface area contributed by atoms with Gasteiger partial charge in [-0.05, 0) is 24.7 Å². The quantitative estimate of drug-likeness (QED) is 0.731. The molecule has 1 rings (SSSR count). The van der Waals surface area contributed by atoms with Gasteiger partial charge < -0.3 is 9.84 Å². The molecule has 1 saturated carbocycles. The topological polar surface area (TPSA) is 46.5 Å². The Morgan fingerprint density at radius 2 is 2.13 bits per heavy atom. The highest BCUT2D eigenvalue weighted by Crippen LogP contribution is 2.48. The lowest BCUT2D eigenvalue weighted by Gasteiger charge is -2.31. The Bertz CT molecular complexity index is 235. The van der Waals surface area contributed by atoms with Crippen LogP contribution in [0.5, 0.6) is 0 Å². The van der Waals surface area contributed by atoms with Crippen molar-refractivity contribution in [3.63, 3.8) is 0 Å². The molecule has 0 aromatic rings. The molecule has 0 heterocycles. The third kappa shape index (κ3) is 2.51. The molecular formula is C12H22O3. The number of hydrogen-bond donors (Lipinski definition) is 1. The van der Waals surface area contributed by atoms with Crippen LogP contribution in [-0.2, 0) is 9.53 Å². The zero-order chi connectivity index (χ0) is 11.6. The molecular weight excluding hydrogens is 192 g/mol. The van der Waals surface area contributed by atoms with Crippen molar-refractivity contribution in [1.82, 2.24) is 0 Å². The molecule has 0 saturated heterocycles. The van der Waals surface area contributed by atoms with Gasteiger partial charge in [0.1, 0.15) is 0 Å². The maximum absolute atomic E-state index is 11.4. The van der Waals surface area contributed by atoms with Crippen LogP contribution in [0.15, 0.2) is 0 Å². The van der Waals surface area contributed by atoms with Crippen molar-refractivity contribution in [3.8, 4) is 0 Å². The van der Waals surface area contributed by atoms with Crippen molar-refractivity contribution in [2.75, 3.05) is 6.61 Å². The van der Waals surface area contributed by atoms with Crippen LogP contribution in [-0.4, -0.2) is 23.8 Å². The van der Waals surface area contributed by atoms with E-state index in [0.29, 0.717) is 18.9 Å². The molecule has 0 bridgehead atoms. The van der Waals surface area contributed by atoms with Crippen LogP contribution in [0.1, 0.15) is 40.5 Å². The molecule has 3 heteroatoms. The predicted octanol–water partition coefficient (Wildman–Crippen LogP) is 1.98. The maximum atomic E-state index is 11.4. The first-order valence-electron chi connectivity index (χ1n) is 5.73. The summed E-state index contributed by atoms with van der Waals surface area (Å²) >= 11 is 0. The first-order valence-corrected chi connectivity index (χ1v) is 5.73. The van der Waals surface area contributed by atoms with E-state index in [-0.39, 0.29) is 23.4 Å². The minimum Gasteiger partial charge on any atom is -0.466 e. The molecule has 0 aromatic carbocycles. The molecule has 3 atom stereocenters. The molecule has 3 unspecified atom stereocenters. The van der Waals surface area contributed by atoms with Crippen molar-refractivity contribution >= 4 is 5.97 Å². The summed E-state index contributed by atoms with van der Waals surface area (Å²) in [7, 11) is 0. The summed E-state index contributed by atoms with van der Waals surface area (Å²) in [5.74, 6) is 0.294. The number of hydrogen-bond acceptors (Lipinski definition) is 3. The van der Waals surface area contributed by atoms with E-state index in [1.165, 1.54) is 0 Å². The number of ether oxygens (including phenoxy) is 1. The first kappa shape index (κ1) is 12.5. The molecule has 1 aliphatic rings. The Morgan fingerprint density at radius 3 is 2.53 bits per heavy atom. The van der Waals surface area contributed by atoms with Crippen LogP contribution >= 0.6 is 0 Å². The van der Waals surface area contributed by atoms with Gasteiger partial charge in [0.05, 0.1) is 19.1 Å². The Labute approximate surface area is 91.8 Å². The van der Waals surface area contributed by atoms with Gasteiger partial charge in [0.2, 0.25) is 0 Å². The van der Waals surface area contributed by atoms with Gasteiger partial charge in [0.15, 0.2) is 0 Å². The number of carbonyl (C=O) groups excluding carboxylic acids is 1. The van der Waals surface area contributed by atoms with Crippen LogP contribution in [0.4, 0.5) is 0 Å². The van der Waals surface area contributed by atoms with Crippen LogP contribution in [0.25, 0.3) is 0 Å². The Morgan fingerprint density at radius 1 is 1.53 bits per heavy atom. The van der Waals surface area contributed by atoms with Crippen molar-refractivity contribution in [3.05, 3.63) is 0 Å². The zero-order valence-electron chi connectivity index (χ0n) is 10.1. The van der Waals surface area contributed by atoms with E-state index in [0.717, 1.165) is 6.42 Å². The fraction of sp³-hybridized carbons (Fsp3) is 0.917. The smallest absolute Gasteiger partial charge is 0.306 e. The zero-order valence-corrected chi connectivity index (χ0v) is 10.1. The Balaban J connectivity index is 2.64. The summed E-state index contributed by atoms with van der Waals surface area (Å²) in [6.07, 6.45) is 0.767. The minimum absolute atomic E-state index is 0.0200. The molecule has 3 nitrogen and oxygen atoms in total. The van der Waals surface area contributed by atoms with Crippen molar-refractivity contribution in [2.45, 2.75) is 46.6 Å². The number of carbonyl (C=O) groups is 1. The van der Waals surface area contributed by atoms with Gasteiger partial charge in [-0.25, -0.2) is 0 Å². The standard InChI is InChI=1S/C12H22O3/c1-5-15-11(14)7-9-10(13)6-8(2)12(9,3)4/h8-10,13H,5-7H2,1-4H3. The normalized spacial score (nSPS) is 34.1. The van der Waals surface area contributed by atoms with Crippen molar-refractivity contribution in [2.24, 2.45) is 17.3 Å². The maximum Gasteiger partial charge on any atom is 0.306 e. The molecule has 1 N–H and O–H groups in total. The van der Waals surface area contributed by atoms with E-state index in [4.69, 9.17) is 4.74 Å². The summed E-state index contributed by atoms with van der Waals surface area (Å²) in [5.41, 5.74) is 0.0200. The van der Waals surface area contributed by atoms with Crippen LogP contribution in [0.2, 0.25) is 0 Å². The van der Waals surface area contributed by atoms with E-state index in [9.17, 15) is 9.90 Å². The largest absolute Gasteiger partial charge is 0.466 e. The second kappa shape index (κ2) is 4.52. The van der Waals surface area contributed by atoms with E-state index in [1.54, 1.807) is 6.92 Å². The number of rotatable bonds is 3. The van der Waals surface area contributed by atoms with Gasteiger partial charge in [-0.1, -0.05) is 20.8 Å². The summed E-state index contributed by atoms with van der Waals surface area (Å²) in [6, 6.07) is 0. The molecule has 0 spiro atoms. The highest BCUT2D eigenvalue weighted by Gasteiger charge is 2.47. The lowest BCUT2D eigenvalue weighted by atomic mass is 9.74. The average Bonchev–Trinajstić information content (AvgIpc) is 2.29. The lowest BCUT2D eigenvalue weighted by Crippen LogP contribution is -2.30. The minimum atomic E-state index is -0.362. The third-order valence-corrected chi connectivity index (χ3v) is 3.98. The number of esters is 1. The molecule has 1 aliphatic carbocycles. The third-order valence-electron chi connectivity index (χ3n) is 3.98. The molecule has 88 valence electrons. The summed E-state index contributed by atoms with van der Waals surface area (Å²) < 4.78 is 4.93.